The van der Waals surface area contributed by atoms with Crippen LogP contribution in [-0.2, 0) is 0 Å². The van der Waals surface area contributed by atoms with E-state index in [1.165, 1.54) is 31.2 Å². The van der Waals surface area contributed by atoms with Crippen molar-refractivity contribution < 1.29 is 18.3 Å². The third-order valence-corrected chi connectivity index (χ3v) is 3.05. The fourth-order valence-corrected chi connectivity index (χ4v) is 1.89. The molecule has 0 aliphatic heterocycles. The maximum atomic E-state index is 13.8. The summed E-state index contributed by atoms with van der Waals surface area (Å²) in [6.07, 6.45) is -1.53. The predicted molar refractivity (Wildman–Crippen MR) is 66.3 cm³/mol. The van der Waals surface area contributed by atoms with Gasteiger partial charge in [-0.05, 0) is 31.0 Å². The Balaban J connectivity index is 2.50. The number of rotatable bonds is 2. The van der Waals surface area contributed by atoms with Crippen LogP contribution in [-0.4, -0.2) is 5.11 Å². The van der Waals surface area contributed by atoms with E-state index in [9.17, 15) is 18.3 Å². The SMILES string of the molecule is Cc1ccc(C(O)c2ccc(C)c(F)c2F)c(F)c1. The summed E-state index contributed by atoms with van der Waals surface area (Å²) in [5, 5.41) is 10.0. The summed E-state index contributed by atoms with van der Waals surface area (Å²) in [6.45, 7) is 3.12. The Labute approximate surface area is 109 Å². The first kappa shape index (κ1) is 13.6. The standard InChI is InChI=1S/C15H13F3O/c1-8-3-5-10(12(16)7-8)15(19)11-6-4-9(2)13(17)14(11)18/h3-7,15,19H,1-2H3. The van der Waals surface area contributed by atoms with E-state index < -0.39 is 23.6 Å². The molecule has 0 amide bonds. The first-order chi connectivity index (χ1) is 8.91. The second kappa shape index (κ2) is 5.05. The van der Waals surface area contributed by atoms with Crippen LogP contribution in [0.2, 0.25) is 0 Å². The largest absolute Gasteiger partial charge is 0.383 e. The maximum Gasteiger partial charge on any atom is 0.165 e. The van der Waals surface area contributed by atoms with E-state index in [1.54, 1.807) is 13.0 Å². The van der Waals surface area contributed by atoms with Gasteiger partial charge in [-0.15, -0.1) is 0 Å². The number of halogens is 3. The molecule has 0 bridgehead atoms. The number of aliphatic hydroxyl groups is 1. The van der Waals surface area contributed by atoms with Gasteiger partial charge >= 0.3 is 0 Å². The number of aryl methyl sites for hydroxylation is 2. The van der Waals surface area contributed by atoms with E-state index in [-0.39, 0.29) is 16.7 Å². The smallest absolute Gasteiger partial charge is 0.165 e. The zero-order valence-corrected chi connectivity index (χ0v) is 10.5. The molecular formula is C15H13F3O. The molecule has 0 spiro atoms. The topological polar surface area (TPSA) is 20.2 Å². The molecule has 1 atom stereocenters. The molecule has 0 radical (unpaired) electrons. The summed E-state index contributed by atoms with van der Waals surface area (Å²) in [5.41, 5.74) is 0.473. The summed E-state index contributed by atoms with van der Waals surface area (Å²) >= 11 is 0. The van der Waals surface area contributed by atoms with Gasteiger partial charge in [-0.25, -0.2) is 13.2 Å². The zero-order valence-electron chi connectivity index (χ0n) is 10.5. The molecule has 0 aliphatic carbocycles. The predicted octanol–water partition coefficient (Wildman–Crippen LogP) is 3.80. The molecule has 0 fully saturated rings. The van der Waals surface area contributed by atoms with Crippen LogP contribution >= 0.6 is 0 Å². The second-order valence-electron chi connectivity index (χ2n) is 4.53. The van der Waals surface area contributed by atoms with Gasteiger partial charge in [0.25, 0.3) is 0 Å². The van der Waals surface area contributed by atoms with Gasteiger partial charge in [0.1, 0.15) is 11.9 Å². The van der Waals surface area contributed by atoms with Crippen LogP contribution in [0.1, 0.15) is 28.4 Å². The highest BCUT2D eigenvalue weighted by Gasteiger charge is 2.21. The van der Waals surface area contributed by atoms with Crippen LogP contribution in [0.4, 0.5) is 13.2 Å². The Morgan fingerprint density at radius 1 is 0.895 bits per heavy atom. The molecule has 1 N–H and O–H groups in total. The van der Waals surface area contributed by atoms with E-state index in [0.29, 0.717) is 5.56 Å². The summed E-state index contributed by atoms with van der Waals surface area (Å²) in [5.74, 6) is -2.82. The summed E-state index contributed by atoms with van der Waals surface area (Å²) < 4.78 is 40.9. The van der Waals surface area contributed by atoms with Crippen molar-refractivity contribution in [3.05, 3.63) is 70.0 Å². The van der Waals surface area contributed by atoms with Crippen molar-refractivity contribution in [3.8, 4) is 0 Å². The van der Waals surface area contributed by atoms with Crippen LogP contribution in [0.3, 0.4) is 0 Å². The lowest BCUT2D eigenvalue weighted by Crippen LogP contribution is -2.07. The lowest BCUT2D eigenvalue weighted by Gasteiger charge is -2.14. The minimum atomic E-state index is -1.53. The number of hydrogen-bond acceptors (Lipinski definition) is 1. The van der Waals surface area contributed by atoms with Crippen molar-refractivity contribution in [2.24, 2.45) is 0 Å². The van der Waals surface area contributed by atoms with Crippen LogP contribution in [0.15, 0.2) is 30.3 Å². The Morgan fingerprint density at radius 2 is 1.53 bits per heavy atom. The minimum absolute atomic E-state index is 0.0762. The van der Waals surface area contributed by atoms with Gasteiger partial charge < -0.3 is 5.11 Å². The molecule has 0 saturated heterocycles. The van der Waals surface area contributed by atoms with E-state index in [2.05, 4.69) is 0 Å². The van der Waals surface area contributed by atoms with Crippen molar-refractivity contribution in [1.82, 2.24) is 0 Å². The van der Waals surface area contributed by atoms with Crippen molar-refractivity contribution in [3.63, 3.8) is 0 Å². The third kappa shape index (κ3) is 2.49. The first-order valence-electron chi connectivity index (χ1n) is 5.80. The molecule has 1 unspecified atom stereocenters. The van der Waals surface area contributed by atoms with E-state index >= 15 is 0 Å². The van der Waals surface area contributed by atoms with E-state index in [1.807, 2.05) is 0 Å². The molecule has 19 heavy (non-hydrogen) atoms. The molecule has 0 saturated carbocycles. The quantitative estimate of drug-likeness (QED) is 0.876. The lowest BCUT2D eigenvalue weighted by molar-refractivity contribution is 0.208. The molecule has 0 aliphatic rings. The zero-order chi connectivity index (χ0) is 14.2. The summed E-state index contributed by atoms with van der Waals surface area (Å²) in [7, 11) is 0. The van der Waals surface area contributed by atoms with Crippen molar-refractivity contribution >= 4 is 0 Å². The maximum absolute atomic E-state index is 13.8. The van der Waals surface area contributed by atoms with Gasteiger partial charge in [0, 0.05) is 11.1 Å². The van der Waals surface area contributed by atoms with Crippen LogP contribution in [0.25, 0.3) is 0 Å². The number of benzene rings is 2. The van der Waals surface area contributed by atoms with E-state index in [4.69, 9.17) is 0 Å². The molecule has 2 aromatic rings. The fourth-order valence-electron chi connectivity index (χ4n) is 1.89. The van der Waals surface area contributed by atoms with Crippen LogP contribution in [0, 0.1) is 31.3 Å². The Hall–Kier alpha value is -1.81. The van der Waals surface area contributed by atoms with Crippen LogP contribution < -0.4 is 0 Å². The second-order valence-corrected chi connectivity index (χ2v) is 4.53. The highest BCUT2D eigenvalue weighted by Crippen LogP contribution is 2.28. The Kier molecular flexibility index (Phi) is 3.62. The van der Waals surface area contributed by atoms with Crippen LogP contribution in [0.5, 0.6) is 0 Å². The molecule has 0 aromatic heterocycles. The van der Waals surface area contributed by atoms with Gasteiger partial charge in [0.15, 0.2) is 11.6 Å². The molecule has 0 heterocycles. The average Bonchev–Trinajstić information content (AvgIpc) is 2.35. The van der Waals surface area contributed by atoms with Gasteiger partial charge in [-0.1, -0.05) is 24.3 Å². The highest BCUT2D eigenvalue weighted by molar-refractivity contribution is 5.35. The summed E-state index contributed by atoms with van der Waals surface area (Å²) in [6, 6.07) is 6.82. The Bertz CT molecular complexity index is 623. The lowest BCUT2D eigenvalue weighted by atomic mass is 9.98. The molecular weight excluding hydrogens is 253 g/mol. The van der Waals surface area contributed by atoms with Gasteiger partial charge in [0.05, 0.1) is 0 Å². The molecule has 100 valence electrons. The highest BCUT2D eigenvalue weighted by atomic mass is 19.2. The van der Waals surface area contributed by atoms with Gasteiger partial charge in [0.2, 0.25) is 0 Å². The third-order valence-electron chi connectivity index (χ3n) is 3.05. The first-order valence-corrected chi connectivity index (χ1v) is 5.80. The fraction of sp³-hybridized carbons (Fsp3) is 0.200. The van der Waals surface area contributed by atoms with Crippen molar-refractivity contribution in [1.29, 1.82) is 0 Å². The minimum Gasteiger partial charge on any atom is -0.383 e. The monoisotopic (exact) mass is 266 g/mol. The van der Waals surface area contributed by atoms with Gasteiger partial charge in [-0.3, -0.25) is 0 Å². The Morgan fingerprint density at radius 3 is 2.16 bits per heavy atom. The molecule has 1 nitrogen and oxygen atoms in total. The molecule has 2 rings (SSSR count). The molecule has 2 aromatic carbocycles. The van der Waals surface area contributed by atoms with Crippen molar-refractivity contribution in [2.45, 2.75) is 20.0 Å². The average molecular weight is 266 g/mol. The normalized spacial score (nSPS) is 12.5. The number of hydrogen-bond donors (Lipinski definition) is 1. The van der Waals surface area contributed by atoms with Crippen molar-refractivity contribution in [2.75, 3.05) is 0 Å². The van der Waals surface area contributed by atoms with Gasteiger partial charge in [-0.2, -0.15) is 0 Å². The summed E-state index contributed by atoms with van der Waals surface area (Å²) in [4.78, 5) is 0. The van der Waals surface area contributed by atoms with E-state index in [0.717, 1.165) is 0 Å². The molecule has 4 heteroatoms. The number of aliphatic hydroxyl groups excluding tert-OH is 1.